The van der Waals surface area contributed by atoms with E-state index < -0.39 is 0 Å². The van der Waals surface area contributed by atoms with E-state index in [1.807, 2.05) is 18.2 Å². The Hall–Kier alpha value is -0.610. The molecule has 2 rings (SSSR count). The smallest absolute Gasteiger partial charge is 0.0933 e. The lowest BCUT2D eigenvalue weighted by Gasteiger charge is -2.23. The lowest BCUT2D eigenvalue weighted by Crippen LogP contribution is -2.37. The van der Waals surface area contributed by atoms with E-state index in [0.717, 1.165) is 18.1 Å². The summed E-state index contributed by atoms with van der Waals surface area (Å²) >= 11 is 5.90. The molecule has 0 aliphatic carbocycles. The summed E-state index contributed by atoms with van der Waals surface area (Å²) < 4.78 is 10.8. The van der Waals surface area contributed by atoms with E-state index in [-0.39, 0.29) is 6.10 Å². The van der Waals surface area contributed by atoms with Gasteiger partial charge < -0.3 is 14.8 Å². The van der Waals surface area contributed by atoms with Gasteiger partial charge in [-0.2, -0.15) is 0 Å². The van der Waals surface area contributed by atoms with Gasteiger partial charge in [0.05, 0.1) is 25.9 Å². The van der Waals surface area contributed by atoms with E-state index in [1.54, 1.807) is 0 Å². The van der Waals surface area contributed by atoms with Gasteiger partial charge in [0.1, 0.15) is 0 Å². The minimum absolute atomic E-state index is 0.174. The zero-order valence-electron chi connectivity index (χ0n) is 9.12. The van der Waals surface area contributed by atoms with Gasteiger partial charge in [0.15, 0.2) is 0 Å². The minimum atomic E-state index is 0.174. The second kappa shape index (κ2) is 6.21. The molecule has 1 aliphatic heterocycles. The Morgan fingerprint density at radius 2 is 2.31 bits per heavy atom. The maximum absolute atomic E-state index is 5.90. The number of hydrogen-bond acceptors (Lipinski definition) is 3. The third-order valence-corrected chi connectivity index (χ3v) is 2.71. The van der Waals surface area contributed by atoms with Crippen molar-refractivity contribution in [1.29, 1.82) is 0 Å². The van der Waals surface area contributed by atoms with Crippen LogP contribution < -0.4 is 5.32 Å². The molecule has 1 aromatic carbocycles. The van der Waals surface area contributed by atoms with Crippen LogP contribution in [0.3, 0.4) is 0 Å². The highest BCUT2D eigenvalue weighted by Gasteiger charge is 2.13. The lowest BCUT2D eigenvalue weighted by atomic mass is 10.2. The summed E-state index contributed by atoms with van der Waals surface area (Å²) in [5, 5.41) is 4.11. The number of nitrogens with one attached hydrogen (secondary N) is 1. The summed E-state index contributed by atoms with van der Waals surface area (Å²) in [7, 11) is 0. The zero-order chi connectivity index (χ0) is 11.2. The second-order valence-electron chi connectivity index (χ2n) is 3.83. The molecule has 1 saturated heterocycles. The predicted molar refractivity (Wildman–Crippen MR) is 63.7 cm³/mol. The molecule has 0 spiro atoms. The van der Waals surface area contributed by atoms with E-state index in [4.69, 9.17) is 21.1 Å². The van der Waals surface area contributed by atoms with Crippen molar-refractivity contribution in [3.63, 3.8) is 0 Å². The Morgan fingerprint density at radius 1 is 1.38 bits per heavy atom. The molecule has 88 valence electrons. The van der Waals surface area contributed by atoms with E-state index in [2.05, 4.69) is 11.4 Å². The lowest BCUT2D eigenvalue weighted by molar-refractivity contribution is -0.0864. The molecule has 0 saturated carbocycles. The Balaban J connectivity index is 1.71. The fourth-order valence-electron chi connectivity index (χ4n) is 1.68. The molecule has 4 heteroatoms. The Labute approximate surface area is 101 Å². The number of hydrogen-bond donors (Lipinski definition) is 1. The van der Waals surface area contributed by atoms with Crippen molar-refractivity contribution in [3.8, 4) is 0 Å². The number of ether oxygens (including phenoxy) is 2. The molecule has 1 aromatic rings. The van der Waals surface area contributed by atoms with Crippen molar-refractivity contribution in [2.75, 3.05) is 26.4 Å². The number of halogens is 1. The largest absolute Gasteiger partial charge is 0.376 e. The quantitative estimate of drug-likeness (QED) is 0.873. The molecular formula is C12H16ClNO2. The molecule has 3 nitrogen and oxygen atoms in total. The van der Waals surface area contributed by atoms with Crippen molar-refractivity contribution in [3.05, 3.63) is 34.9 Å². The monoisotopic (exact) mass is 241 g/mol. The summed E-state index contributed by atoms with van der Waals surface area (Å²) in [6.45, 7) is 3.71. The molecule has 16 heavy (non-hydrogen) atoms. The van der Waals surface area contributed by atoms with E-state index in [0.29, 0.717) is 19.8 Å². The standard InChI is InChI=1S/C12H16ClNO2/c13-11-3-1-2-10(6-11)7-14-8-12-9-15-4-5-16-12/h1-3,6,12,14H,4-5,7-9H2. The normalized spacial score (nSPS) is 20.9. The van der Waals surface area contributed by atoms with Crippen molar-refractivity contribution < 1.29 is 9.47 Å². The van der Waals surface area contributed by atoms with Gasteiger partial charge in [-0.25, -0.2) is 0 Å². The molecule has 0 bridgehead atoms. The second-order valence-corrected chi connectivity index (χ2v) is 4.26. The average molecular weight is 242 g/mol. The van der Waals surface area contributed by atoms with Gasteiger partial charge in [-0.1, -0.05) is 23.7 Å². The van der Waals surface area contributed by atoms with Gasteiger partial charge in [0, 0.05) is 18.1 Å². The van der Waals surface area contributed by atoms with E-state index in [1.165, 1.54) is 5.56 Å². The third kappa shape index (κ3) is 3.76. The van der Waals surface area contributed by atoms with Crippen LogP contribution in [0.2, 0.25) is 5.02 Å². The van der Waals surface area contributed by atoms with Crippen LogP contribution in [0.1, 0.15) is 5.56 Å². The molecule has 0 radical (unpaired) electrons. The predicted octanol–water partition coefficient (Wildman–Crippen LogP) is 1.84. The first kappa shape index (κ1) is 11.9. The highest BCUT2D eigenvalue weighted by molar-refractivity contribution is 6.30. The van der Waals surface area contributed by atoms with Gasteiger partial charge in [-0.05, 0) is 17.7 Å². The van der Waals surface area contributed by atoms with Gasteiger partial charge in [-0.3, -0.25) is 0 Å². The molecule has 1 N–H and O–H groups in total. The molecule has 1 heterocycles. The summed E-state index contributed by atoms with van der Waals surface area (Å²) in [5.41, 5.74) is 1.18. The van der Waals surface area contributed by atoms with Crippen LogP contribution >= 0.6 is 11.6 Å². The fourth-order valence-corrected chi connectivity index (χ4v) is 1.89. The molecule has 1 unspecified atom stereocenters. The van der Waals surface area contributed by atoms with Crippen molar-refractivity contribution in [1.82, 2.24) is 5.32 Å². The highest BCUT2D eigenvalue weighted by Crippen LogP contribution is 2.10. The van der Waals surface area contributed by atoms with Gasteiger partial charge >= 0.3 is 0 Å². The van der Waals surface area contributed by atoms with Crippen LogP contribution in [0.5, 0.6) is 0 Å². The molecule has 1 fully saturated rings. The molecular weight excluding hydrogens is 226 g/mol. The van der Waals surface area contributed by atoms with E-state index in [9.17, 15) is 0 Å². The fraction of sp³-hybridized carbons (Fsp3) is 0.500. The Morgan fingerprint density at radius 3 is 3.06 bits per heavy atom. The molecule has 1 atom stereocenters. The topological polar surface area (TPSA) is 30.5 Å². The van der Waals surface area contributed by atoms with Crippen LogP contribution in [-0.2, 0) is 16.0 Å². The minimum Gasteiger partial charge on any atom is -0.376 e. The Bertz CT molecular complexity index is 327. The molecule has 1 aliphatic rings. The van der Waals surface area contributed by atoms with Crippen molar-refractivity contribution >= 4 is 11.6 Å². The molecule has 0 aromatic heterocycles. The third-order valence-electron chi connectivity index (χ3n) is 2.48. The van der Waals surface area contributed by atoms with Crippen LogP contribution in [0, 0.1) is 0 Å². The zero-order valence-corrected chi connectivity index (χ0v) is 9.87. The van der Waals surface area contributed by atoms with Crippen LogP contribution in [0.25, 0.3) is 0 Å². The maximum atomic E-state index is 5.90. The average Bonchev–Trinajstić information content (AvgIpc) is 2.30. The van der Waals surface area contributed by atoms with Crippen LogP contribution in [0.4, 0.5) is 0 Å². The SMILES string of the molecule is Clc1cccc(CNCC2COCCO2)c1. The molecule has 0 amide bonds. The van der Waals surface area contributed by atoms with Crippen LogP contribution in [0.15, 0.2) is 24.3 Å². The first-order valence-electron chi connectivity index (χ1n) is 5.49. The summed E-state index contributed by atoms with van der Waals surface area (Å²) in [6, 6.07) is 7.85. The first-order chi connectivity index (χ1) is 7.84. The Kier molecular flexibility index (Phi) is 4.60. The highest BCUT2D eigenvalue weighted by atomic mass is 35.5. The first-order valence-corrected chi connectivity index (χ1v) is 5.87. The van der Waals surface area contributed by atoms with Crippen LogP contribution in [-0.4, -0.2) is 32.5 Å². The van der Waals surface area contributed by atoms with Crippen molar-refractivity contribution in [2.45, 2.75) is 12.6 Å². The number of benzene rings is 1. The number of rotatable bonds is 4. The van der Waals surface area contributed by atoms with Gasteiger partial charge in [0.2, 0.25) is 0 Å². The summed E-state index contributed by atoms with van der Waals surface area (Å²) in [6.07, 6.45) is 0.174. The van der Waals surface area contributed by atoms with Gasteiger partial charge in [0.25, 0.3) is 0 Å². The summed E-state index contributed by atoms with van der Waals surface area (Å²) in [5.74, 6) is 0. The maximum Gasteiger partial charge on any atom is 0.0933 e. The summed E-state index contributed by atoms with van der Waals surface area (Å²) in [4.78, 5) is 0. The van der Waals surface area contributed by atoms with Crippen molar-refractivity contribution in [2.24, 2.45) is 0 Å². The van der Waals surface area contributed by atoms with Gasteiger partial charge in [-0.15, -0.1) is 0 Å². The van der Waals surface area contributed by atoms with E-state index >= 15 is 0 Å².